The predicted molar refractivity (Wildman–Crippen MR) is 57.7 cm³/mol. The summed E-state index contributed by atoms with van der Waals surface area (Å²) in [4.78, 5) is 0. The molecular weight excluding hydrogens is 235 g/mol. The van der Waals surface area contributed by atoms with Crippen molar-refractivity contribution in [3.05, 3.63) is 0 Å². The molecule has 1 rings (SSSR count). The molecule has 17 heavy (non-hydrogen) atoms. The summed E-state index contributed by atoms with van der Waals surface area (Å²) < 4.78 is 40.9. The Hall–Kier alpha value is -0.330. The van der Waals surface area contributed by atoms with Gasteiger partial charge in [-0.15, -0.1) is 0 Å². The van der Waals surface area contributed by atoms with Crippen molar-refractivity contribution in [3.8, 4) is 0 Å². The molecule has 6 heteroatoms. The Kier molecular flexibility index (Phi) is 5.22. The Morgan fingerprint density at radius 1 is 1.35 bits per heavy atom. The number of ether oxygens (including phenoxy) is 1. The van der Waals surface area contributed by atoms with Crippen molar-refractivity contribution in [2.75, 3.05) is 26.9 Å². The number of rotatable bonds is 8. The summed E-state index contributed by atoms with van der Waals surface area (Å²) >= 11 is 0. The fourth-order valence-electron chi connectivity index (χ4n) is 1.91. The number of aliphatic hydroxyl groups is 1. The van der Waals surface area contributed by atoms with Gasteiger partial charge in [0.15, 0.2) is 0 Å². The van der Waals surface area contributed by atoms with E-state index in [4.69, 9.17) is 4.74 Å². The molecule has 0 bridgehead atoms. The zero-order valence-electron chi connectivity index (χ0n) is 10.0. The van der Waals surface area contributed by atoms with Crippen LogP contribution in [0.3, 0.4) is 0 Å². The number of alkyl halides is 3. The zero-order chi connectivity index (χ0) is 12.9. The summed E-state index contributed by atoms with van der Waals surface area (Å²) in [6.07, 6.45) is -2.89. The van der Waals surface area contributed by atoms with Crippen LogP contribution in [0.1, 0.15) is 25.7 Å². The van der Waals surface area contributed by atoms with Crippen LogP contribution in [0.2, 0.25) is 0 Å². The maximum absolute atomic E-state index is 11.9. The van der Waals surface area contributed by atoms with E-state index in [9.17, 15) is 18.3 Å². The second-order valence-corrected chi connectivity index (χ2v) is 4.61. The van der Waals surface area contributed by atoms with E-state index in [0.29, 0.717) is 5.92 Å². The first-order valence-electron chi connectivity index (χ1n) is 5.88. The van der Waals surface area contributed by atoms with Gasteiger partial charge in [-0.3, -0.25) is 0 Å². The van der Waals surface area contributed by atoms with Crippen molar-refractivity contribution in [1.82, 2.24) is 5.32 Å². The van der Waals surface area contributed by atoms with E-state index in [-0.39, 0.29) is 26.2 Å². The van der Waals surface area contributed by atoms with Gasteiger partial charge in [-0.1, -0.05) is 0 Å². The molecule has 0 spiro atoms. The quantitative estimate of drug-likeness (QED) is 0.649. The van der Waals surface area contributed by atoms with Crippen LogP contribution >= 0.6 is 0 Å². The van der Waals surface area contributed by atoms with E-state index >= 15 is 0 Å². The molecule has 0 aromatic heterocycles. The van der Waals surface area contributed by atoms with Crippen molar-refractivity contribution in [2.24, 2.45) is 5.92 Å². The molecule has 0 amide bonds. The van der Waals surface area contributed by atoms with Gasteiger partial charge < -0.3 is 15.2 Å². The predicted octanol–water partition coefficient (Wildman–Crippen LogP) is 1.71. The molecule has 0 aromatic rings. The number of halogens is 3. The fraction of sp³-hybridized carbons (Fsp3) is 1.00. The molecule has 1 aliphatic rings. The molecule has 0 aromatic carbocycles. The lowest BCUT2D eigenvalue weighted by atomic mass is 9.96. The topological polar surface area (TPSA) is 41.5 Å². The third kappa shape index (κ3) is 4.81. The number of hydrogen-bond donors (Lipinski definition) is 2. The lowest BCUT2D eigenvalue weighted by molar-refractivity contribution is -0.138. The first kappa shape index (κ1) is 14.7. The minimum Gasteiger partial charge on any atom is -0.394 e. The highest BCUT2D eigenvalue weighted by molar-refractivity contribution is 5.00. The Bertz CT molecular complexity index is 225. The van der Waals surface area contributed by atoms with Crippen LogP contribution in [0, 0.1) is 5.92 Å². The summed E-state index contributed by atoms with van der Waals surface area (Å²) in [5, 5.41) is 12.4. The fourth-order valence-corrected chi connectivity index (χ4v) is 1.91. The highest BCUT2D eigenvalue weighted by Crippen LogP contribution is 2.39. The van der Waals surface area contributed by atoms with Gasteiger partial charge in [0.2, 0.25) is 0 Å². The van der Waals surface area contributed by atoms with Crippen LogP contribution in [0.5, 0.6) is 0 Å². The van der Waals surface area contributed by atoms with Gasteiger partial charge in [0, 0.05) is 13.0 Å². The van der Waals surface area contributed by atoms with Crippen LogP contribution in [-0.4, -0.2) is 43.7 Å². The molecule has 1 saturated carbocycles. The maximum atomic E-state index is 11.9. The summed E-state index contributed by atoms with van der Waals surface area (Å²) in [5.74, 6) is 0.375. The lowest BCUT2D eigenvalue weighted by Crippen LogP contribution is -2.52. The molecule has 1 atom stereocenters. The highest BCUT2D eigenvalue weighted by Gasteiger charge is 2.44. The summed E-state index contributed by atoms with van der Waals surface area (Å²) in [7, 11) is 1.74. The molecule has 1 aliphatic carbocycles. The minimum absolute atomic E-state index is 0.0284. The van der Waals surface area contributed by atoms with Crippen molar-refractivity contribution in [1.29, 1.82) is 0 Å². The van der Waals surface area contributed by atoms with Gasteiger partial charge in [0.1, 0.15) is 0 Å². The molecule has 3 nitrogen and oxygen atoms in total. The van der Waals surface area contributed by atoms with Crippen LogP contribution in [0.15, 0.2) is 0 Å². The maximum Gasteiger partial charge on any atom is 0.389 e. The van der Waals surface area contributed by atoms with E-state index < -0.39 is 18.1 Å². The molecule has 0 heterocycles. The van der Waals surface area contributed by atoms with Crippen LogP contribution < -0.4 is 5.32 Å². The van der Waals surface area contributed by atoms with Gasteiger partial charge >= 0.3 is 6.18 Å². The number of aliphatic hydroxyl groups excluding tert-OH is 1. The Morgan fingerprint density at radius 2 is 2.00 bits per heavy atom. The van der Waals surface area contributed by atoms with Crippen molar-refractivity contribution >= 4 is 0 Å². The minimum atomic E-state index is -4.11. The average Bonchev–Trinajstić information content (AvgIpc) is 3.07. The zero-order valence-corrected chi connectivity index (χ0v) is 10.0. The normalized spacial score (nSPS) is 20.3. The first-order chi connectivity index (χ1) is 7.93. The Balaban J connectivity index is 2.19. The van der Waals surface area contributed by atoms with Gasteiger partial charge in [-0.2, -0.15) is 13.2 Å². The molecule has 2 N–H and O–H groups in total. The Labute approximate surface area is 99.3 Å². The van der Waals surface area contributed by atoms with Gasteiger partial charge in [0.05, 0.1) is 18.8 Å². The van der Waals surface area contributed by atoms with Crippen molar-refractivity contribution in [3.63, 3.8) is 0 Å². The number of likely N-dealkylation sites (N-methyl/N-ethyl adjacent to an activating group) is 1. The molecule has 102 valence electrons. The molecular formula is C11H20F3NO2. The van der Waals surface area contributed by atoms with Gasteiger partial charge in [-0.25, -0.2) is 0 Å². The second-order valence-electron chi connectivity index (χ2n) is 4.61. The monoisotopic (exact) mass is 255 g/mol. The van der Waals surface area contributed by atoms with E-state index in [1.807, 2.05) is 0 Å². The average molecular weight is 255 g/mol. The highest BCUT2D eigenvalue weighted by atomic mass is 19.4. The van der Waals surface area contributed by atoms with Gasteiger partial charge in [0.25, 0.3) is 0 Å². The third-order valence-electron chi connectivity index (χ3n) is 3.25. The lowest BCUT2D eigenvalue weighted by Gasteiger charge is -2.31. The Morgan fingerprint density at radius 3 is 2.41 bits per heavy atom. The van der Waals surface area contributed by atoms with Crippen LogP contribution in [0.25, 0.3) is 0 Å². The third-order valence-corrected chi connectivity index (χ3v) is 3.25. The number of hydrogen-bond acceptors (Lipinski definition) is 3. The number of nitrogens with one attached hydrogen (secondary N) is 1. The van der Waals surface area contributed by atoms with Crippen molar-refractivity contribution < 1.29 is 23.0 Å². The summed E-state index contributed by atoms with van der Waals surface area (Å²) in [6.45, 7) is 0.297. The molecule has 0 saturated heterocycles. The van der Waals surface area contributed by atoms with Crippen molar-refractivity contribution in [2.45, 2.75) is 37.4 Å². The molecule has 1 fully saturated rings. The van der Waals surface area contributed by atoms with E-state index in [1.165, 1.54) is 0 Å². The molecule has 0 radical (unpaired) electrons. The SMILES string of the molecule is CNC(CO)(COCCCC(F)(F)F)C1CC1. The standard InChI is InChI=1S/C11H20F3NO2/c1-15-10(7-16,9-3-4-9)8-17-6-2-5-11(12,13)14/h9,15-16H,2-8H2,1H3. The van der Waals surface area contributed by atoms with Crippen LogP contribution in [-0.2, 0) is 4.74 Å². The largest absolute Gasteiger partial charge is 0.394 e. The first-order valence-corrected chi connectivity index (χ1v) is 5.88. The van der Waals surface area contributed by atoms with E-state index in [2.05, 4.69) is 5.32 Å². The smallest absolute Gasteiger partial charge is 0.389 e. The van der Waals surface area contributed by atoms with E-state index in [1.54, 1.807) is 7.05 Å². The molecule has 0 aliphatic heterocycles. The van der Waals surface area contributed by atoms with E-state index in [0.717, 1.165) is 12.8 Å². The second kappa shape index (κ2) is 6.02. The molecule has 1 unspecified atom stereocenters. The summed E-state index contributed by atoms with van der Waals surface area (Å²) in [6, 6.07) is 0. The van der Waals surface area contributed by atoms with Crippen LogP contribution in [0.4, 0.5) is 13.2 Å². The summed E-state index contributed by atoms with van der Waals surface area (Å²) in [5.41, 5.74) is -0.474. The van der Waals surface area contributed by atoms with Gasteiger partial charge in [-0.05, 0) is 32.2 Å².